The minimum Gasteiger partial charge on any atom is -0.444 e. The first-order valence-corrected chi connectivity index (χ1v) is 10.5. The minimum absolute atomic E-state index is 0.0129. The lowest BCUT2D eigenvalue weighted by Gasteiger charge is -2.36. The van der Waals surface area contributed by atoms with E-state index in [-0.39, 0.29) is 17.8 Å². The van der Waals surface area contributed by atoms with Crippen LogP contribution in [0.3, 0.4) is 0 Å². The quantitative estimate of drug-likeness (QED) is 0.736. The molecule has 1 amide bonds. The molecule has 1 saturated carbocycles. The number of rotatable bonds is 3. The zero-order valence-corrected chi connectivity index (χ0v) is 17.6. The predicted molar refractivity (Wildman–Crippen MR) is 110 cm³/mol. The van der Waals surface area contributed by atoms with Crippen molar-refractivity contribution in [3.8, 4) is 0 Å². The van der Waals surface area contributed by atoms with Crippen LogP contribution >= 0.6 is 11.8 Å². The van der Waals surface area contributed by atoms with Crippen molar-refractivity contribution >= 4 is 28.7 Å². The standard InChI is InChI=1S/C20H28FN3O3S/c1-5-26-14-8-12-11-28-17(23-18(25)27-19(2,3)4)24-20(12,10-14)15-9-13(22)6-7-16(15)21/h6-7,9,12,14H,5,8,10-11,22H2,1-4H3,(H,23,24,25). The summed E-state index contributed by atoms with van der Waals surface area (Å²) in [6, 6.07) is 4.57. The number of amidine groups is 1. The number of amides is 1. The van der Waals surface area contributed by atoms with Crippen molar-refractivity contribution in [1.29, 1.82) is 0 Å². The van der Waals surface area contributed by atoms with E-state index in [1.807, 2.05) is 6.92 Å². The number of nitrogen functional groups attached to an aromatic ring is 1. The topological polar surface area (TPSA) is 85.9 Å². The third-order valence-electron chi connectivity index (χ3n) is 4.95. The van der Waals surface area contributed by atoms with Gasteiger partial charge in [0.1, 0.15) is 11.4 Å². The van der Waals surface area contributed by atoms with Crippen molar-refractivity contribution in [3.05, 3.63) is 29.6 Å². The number of hydrogen-bond donors (Lipinski definition) is 2. The summed E-state index contributed by atoms with van der Waals surface area (Å²) in [5.41, 5.74) is 5.47. The molecule has 0 spiro atoms. The molecule has 3 N–H and O–H groups in total. The molecule has 0 saturated heterocycles. The van der Waals surface area contributed by atoms with Crippen molar-refractivity contribution in [3.63, 3.8) is 0 Å². The molecule has 1 aromatic carbocycles. The molecular weight excluding hydrogens is 381 g/mol. The number of fused-ring (bicyclic) bond motifs is 1. The second-order valence-electron chi connectivity index (χ2n) is 8.23. The Kier molecular flexibility index (Phi) is 5.91. The molecule has 1 aliphatic carbocycles. The van der Waals surface area contributed by atoms with Gasteiger partial charge in [0.15, 0.2) is 5.17 Å². The highest BCUT2D eigenvalue weighted by atomic mass is 32.2. The molecule has 1 heterocycles. The van der Waals surface area contributed by atoms with Gasteiger partial charge in [-0.2, -0.15) is 0 Å². The lowest BCUT2D eigenvalue weighted by molar-refractivity contribution is 0.0564. The Labute approximate surface area is 169 Å². The Bertz CT molecular complexity index is 780. The Morgan fingerprint density at radius 2 is 2.21 bits per heavy atom. The summed E-state index contributed by atoms with van der Waals surface area (Å²) in [5, 5.41) is 3.16. The van der Waals surface area contributed by atoms with E-state index in [9.17, 15) is 9.18 Å². The molecular formula is C20H28FN3O3S. The van der Waals surface area contributed by atoms with Crippen LogP contribution in [-0.4, -0.2) is 35.3 Å². The van der Waals surface area contributed by atoms with Crippen molar-refractivity contribution in [2.45, 2.75) is 57.8 Å². The van der Waals surface area contributed by atoms with E-state index < -0.39 is 17.2 Å². The van der Waals surface area contributed by atoms with Gasteiger partial charge in [0, 0.05) is 35.9 Å². The lowest BCUT2D eigenvalue weighted by atomic mass is 9.81. The fourth-order valence-electron chi connectivity index (χ4n) is 3.93. The molecule has 1 aromatic rings. The molecule has 0 bridgehead atoms. The summed E-state index contributed by atoms with van der Waals surface area (Å²) in [6.07, 6.45) is 0.755. The van der Waals surface area contributed by atoms with E-state index >= 15 is 0 Å². The Morgan fingerprint density at radius 3 is 2.89 bits per heavy atom. The number of aliphatic imine (C=N–C) groups is 1. The second-order valence-corrected chi connectivity index (χ2v) is 9.24. The fraction of sp³-hybridized carbons (Fsp3) is 0.600. The van der Waals surface area contributed by atoms with Crippen LogP contribution in [0.25, 0.3) is 0 Å². The predicted octanol–water partition coefficient (Wildman–Crippen LogP) is 4.05. The number of thioether (sulfide) groups is 1. The number of ether oxygens (including phenoxy) is 2. The first kappa shape index (κ1) is 20.9. The van der Waals surface area contributed by atoms with Gasteiger partial charge in [-0.25, -0.2) is 9.18 Å². The summed E-state index contributed by atoms with van der Waals surface area (Å²) < 4.78 is 26.0. The van der Waals surface area contributed by atoms with Crippen molar-refractivity contribution in [1.82, 2.24) is 5.32 Å². The normalized spacial score (nSPS) is 27.1. The number of nitrogens with zero attached hydrogens (tertiary/aromatic N) is 1. The molecule has 3 unspecified atom stereocenters. The van der Waals surface area contributed by atoms with E-state index in [0.717, 1.165) is 6.42 Å². The van der Waals surface area contributed by atoms with Gasteiger partial charge in [0.25, 0.3) is 0 Å². The highest BCUT2D eigenvalue weighted by Gasteiger charge is 2.52. The highest BCUT2D eigenvalue weighted by Crippen LogP contribution is 2.52. The zero-order valence-electron chi connectivity index (χ0n) is 16.8. The number of anilines is 1. The van der Waals surface area contributed by atoms with Crippen LogP contribution in [0, 0.1) is 11.7 Å². The summed E-state index contributed by atoms with van der Waals surface area (Å²) in [7, 11) is 0. The maximum atomic E-state index is 14.8. The molecule has 1 aliphatic heterocycles. The number of nitrogens with one attached hydrogen (secondary N) is 1. The number of carbonyl (C=O) groups excluding carboxylic acids is 1. The molecule has 0 aromatic heterocycles. The van der Waals surface area contributed by atoms with Gasteiger partial charge in [0.05, 0.1) is 11.6 Å². The van der Waals surface area contributed by atoms with Gasteiger partial charge in [-0.05, 0) is 52.3 Å². The van der Waals surface area contributed by atoms with Crippen LogP contribution in [-0.2, 0) is 15.0 Å². The van der Waals surface area contributed by atoms with Gasteiger partial charge in [-0.3, -0.25) is 10.3 Å². The zero-order chi connectivity index (χ0) is 20.5. The minimum atomic E-state index is -0.811. The first-order chi connectivity index (χ1) is 13.1. The molecule has 3 rings (SSSR count). The van der Waals surface area contributed by atoms with Gasteiger partial charge in [-0.1, -0.05) is 11.8 Å². The second kappa shape index (κ2) is 7.91. The third kappa shape index (κ3) is 4.43. The van der Waals surface area contributed by atoms with Crippen LogP contribution < -0.4 is 11.1 Å². The molecule has 8 heteroatoms. The average molecular weight is 410 g/mol. The van der Waals surface area contributed by atoms with E-state index in [2.05, 4.69) is 5.32 Å². The van der Waals surface area contributed by atoms with E-state index in [4.69, 9.17) is 20.2 Å². The molecule has 3 atom stereocenters. The number of carbonyl (C=O) groups is 1. The average Bonchev–Trinajstić information content (AvgIpc) is 2.94. The summed E-state index contributed by atoms with van der Waals surface area (Å²) in [6.45, 7) is 7.93. The van der Waals surface area contributed by atoms with Crippen LogP contribution in [0.5, 0.6) is 0 Å². The highest BCUT2D eigenvalue weighted by molar-refractivity contribution is 8.13. The van der Waals surface area contributed by atoms with Gasteiger partial charge in [-0.15, -0.1) is 0 Å². The summed E-state index contributed by atoms with van der Waals surface area (Å²) in [5.74, 6) is 0.449. The molecule has 1 fully saturated rings. The fourth-order valence-corrected chi connectivity index (χ4v) is 5.08. The number of nitrogens with two attached hydrogens (primary N) is 1. The lowest BCUT2D eigenvalue weighted by Crippen LogP contribution is -2.42. The number of benzene rings is 1. The largest absolute Gasteiger partial charge is 0.444 e. The van der Waals surface area contributed by atoms with Crippen molar-refractivity contribution in [2.75, 3.05) is 18.1 Å². The van der Waals surface area contributed by atoms with Crippen LogP contribution in [0.1, 0.15) is 46.1 Å². The summed E-state index contributed by atoms with van der Waals surface area (Å²) in [4.78, 5) is 17.0. The Morgan fingerprint density at radius 1 is 1.46 bits per heavy atom. The van der Waals surface area contributed by atoms with Gasteiger partial charge < -0.3 is 15.2 Å². The monoisotopic (exact) mass is 409 g/mol. The van der Waals surface area contributed by atoms with Crippen LogP contribution in [0.4, 0.5) is 14.9 Å². The molecule has 0 radical (unpaired) electrons. The van der Waals surface area contributed by atoms with E-state index in [0.29, 0.717) is 35.2 Å². The maximum absolute atomic E-state index is 14.8. The van der Waals surface area contributed by atoms with Gasteiger partial charge >= 0.3 is 6.09 Å². The van der Waals surface area contributed by atoms with Crippen LogP contribution in [0.2, 0.25) is 0 Å². The number of alkyl carbamates (subject to hydrolysis) is 1. The Balaban J connectivity index is 1.97. The van der Waals surface area contributed by atoms with Crippen molar-refractivity contribution in [2.24, 2.45) is 10.9 Å². The maximum Gasteiger partial charge on any atom is 0.413 e. The first-order valence-electron chi connectivity index (χ1n) is 9.52. The number of hydrogen-bond acceptors (Lipinski definition) is 6. The molecule has 28 heavy (non-hydrogen) atoms. The molecule has 154 valence electrons. The van der Waals surface area contributed by atoms with Crippen molar-refractivity contribution < 1.29 is 18.7 Å². The van der Waals surface area contributed by atoms with E-state index in [1.165, 1.54) is 17.8 Å². The smallest absolute Gasteiger partial charge is 0.413 e. The van der Waals surface area contributed by atoms with E-state index in [1.54, 1.807) is 32.9 Å². The third-order valence-corrected chi connectivity index (χ3v) is 5.99. The van der Waals surface area contributed by atoms with Crippen LogP contribution in [0.15, 0.2) is 23.2 Å². The summed E-state index contributed by atoms with van der Waals surface area (Å²) >= 11 is 1.45. The molecule has 6 nitrogen and oxygen atoms in total. The Hall–Kier alpha value is -1.80. The molecule has 2 aliphatic rings. The van der Waals surface area contributed by atoms with Gasteiger partial charge in [0.2, 0.25) is 0 Å². The SMILES string of the molecule is CCOC1CC2CSC(NC(=O)OC(C)(C)C)=NC2(c2cc(N)ccc2F)C1. The number of halogens is 1.